The summed E-state index contributed by atoms with van der Waals surface area (Å²) in [6.45, 7) is 4.51. The summed E-state index contributed by atoms with van der Waals surface area (Å²) in [4.78, 5) is 11.3. The lowest BCUT2D eigenvalue weighted by Crippen LogP contribution is -2.32. The highest BCUT2D eigenvalue weighted by atomic mass is 16.7. The Bertz CT molecular complexity index is 315. The first kappa shape index (κ1) is 13.4. The van der Waals surface area contributed by atoms with Crippen molar-refractivity contribution in [3.63, 3.8) is 0 Å². The van der Waals surface area contributed by atoms with Crippen LogP contribution in [0.3, 0.4) is 0 Å². The summed E-state index contributed by atoms with van der Waals surface area (Å²) in [5.74, 6) is 0.382. The van der Waals surface area contributed by atoms with Crippen molar-refractivity contribution in [3.05, 3.63) is 12.2 Å². The molecule has 1 saturated heterocycles. The Hall–Kier alpha value is -1.07. The van der Waals surface area contributed by atoms with E-state index in [0.29, 0.717) is 25.7 Å². The predicted molar refractivity (Wildman–Crippen MR) is 64.0 cm³/mol. The van der Waals surface area contributed by atoms with Gasteiger partial charge in [0.05, 0.1) is 18.8 Å². The zero-order chi connectivity index (χ0) is 13.0. The van der Waals surface area contributed by atoms with Crippen molar-refractivity contribution in [3.8, 4) is 0 Å². The minimum atomic E-state index is -0.629. The molecule has 0 N–H and O–H groups in total. The summed E-state index contributed by atoms with van der Waals surface area (Å²) in [6, 6.07) is 0. The zero-order valence-corrected chi connectivity index (χ0v) is 10.8. The summed E-state index contributed by atoms with van der Waals surface area (Å²) >= 11 is 0. The Morgan fingerprint density at radius 1 is 1.28 bits per heavy atom. The van der Waals surface area contributed by atoms with Crippen molar-refractivity contribution < 1.29 is 23.7 Å². The molecule has 2 rings (SSSR count). The van der Waals surface area contributed by atoms with Crippen LogP contribution >= 0.6 is 0 Å². The first-order chi connectivity index (χ1) is 8.69. The van der Waals surface area contributed by atoms with E-state index < -0.39 is 6.16 Å². The largest absolute Gasteiger partial charge is 0.508 e. The molecule has 0 radical (unpaired) electrons. The Balaban J connectivity index is 1.98. The predicted octanol–water partition coefficient (Wildman–Crippen LogP) is 2.26. The number of hydrogen-bond acceptors (Lipinski definition) is 5. The molecule has 0 spiro atoms. The van der Waals surface area contributed by atoms with E-state index in [0.717, 1.165) is 6.42 Å². The molecule has 102 valence electrons. The first-order valence-corrected chi connectivity index (χ1v) is 6.44. The lowest BCUT2D eigenvalue weighted by Gasteiger charge is -2.25. The minimum Gasteiger partial charge on any atom is -0.435 e. The fraction of sp³-hybridized carbons (Fsp3) is 0.769. The number of rotatable bonds is 2. The highest BCUT2D eigenvalue weighted by Gasteiger charge is 2.34. The van der Waals surface area contributed by atoms with E-state index in [-0.39, 0.29) is 18.3 Å². The van der Waals surface area contributed by atoms with E-state index in [2.05, 4.69) is 13.0 Å². The normalized spacial score (nSPS) is 37.2. The van der Waals surface area contributed by atoms with E-state index in [1.807, 2.05) is 6.08 Å². The second kappa shape index (κ2) is 6.20. The van der Waals surface area contributed by atoms with Gasteiger partial charge in [-0.25, -0.2) is 4.79 Å². The third-order valence-corrected chi connectivity index (χ3v) is 3.21. The zero-order valence-electron chi connectivity index (χ0n) is 10.8. The van der Waals surface area contributed by atoms with Gasteiger partial charge in [-0.15, -0.1) is 0 Å². The van der Waals surface area contributed by atoms with Gasteiger partial charge in [0.1, 0.15) is 12.9 Å². The standard InChI is InChI=1S/C13H20O5/c1-3-15-13(14)18-10-5-4-9(2)6-11-12(7-10)17-8-16-11/h4-5,9-12H,3,6-8H2,1-2H3/b5-4+. The molecule has 0 aromatic heterocycles. The molecular weight excluding hydrogens is 236 g/mol. The maximum absolute atomic E-state index is 11.3. The first-order valence-electron chi connectivity index (χ1n) is 6.44. The van der Waals surface area contributed by atoms with Gasteiger partial charge in [0.15, 0.2) is 0 Å². The Morgan fingerprint density at radius 3 is 2.72 bits per heavy atom. The van der Waals surface area contributed by atoms with Gasteiger partial charge in [0.2, 0.25) is 0 Å². The van der Waals surface area contributed by atoms with Crippen LogP contribution in [0.5, 0.6) is 0 Å². The maximum Gasteiger partial charge on any atom is 0.508 e. The number of carbonyl (C=O) groups excluding carboxylic acids is 1. The summed E-state index contributed by atoms with van der Waals surface area (Å²) in [5.41, 5.74) is 0. The molecule has 4 unspecified atom stereocenters. The molecule has 4 atom stereocenters. The summed E-state index contributed by atoms with van der Waals surface area (Å²) in [6.07, 6.45) is 4.69. The van der Waals surface area contributed by atoms with Crippen LogP contribution in [-0.4, -0.2) is 37.9 Å². The third-order valence-electron chi connectivity index (χ3n) is 3.21. The van der Waals surface area contributed by atoms with Crippen molar-refractivity contribution in [1.29, 1.82) is 0 Å². The summed E-state index contributed by atoms with van der Waals surface area (Å²) < 4.78 is 21.1. The summed E-state index contributed by atoms with van der Waals surface area (Å²) in [7, 11) is 0. The SMILES string of the molecule is CCOC(=O)OC1/C=C/C(C)CC2OCOC2C1. The highest BCUT2D eigenvalue weighted by molar-refractivity contribution is 5.60. The smallest absolute Gasteiger partial charge is 0.435 e. The molecule has 0 bridgehead atoms. The van der Waals surface area contributed by atoms with Gasteiger partial charge in [-0.05, 0) is 25.3 Å². The third kappa shape index (κ3) is 3.46. The number of ether oxygens (including phenoxy) is 4. The molecule has 5 nitrogen and oxygen atoms in total. The van der Waals surface area contributed by atoms with Gasteiger partial charge < -0.3 is 18.9 Å². The molecule has 1 fully saturated rings. The van der Waals surface area contributed by atoms with Crippen molar-refractivity contribution in [2.45, 2.75) is 45.0 Å². The number of carbonyl (C=O) groups is 1. The highest BCUT2D eigenvalue weighted by Crippen LogP contribution is 2.27. The van der Waals surface area contributed by atoms with Gasteiger partial charge in [-0.2, -0.15) is 0 Å². The second-order valence-corrected chi connectivity index (χ2v) is 4.70. The average Bonchev–Trinajstić information content (AvgIpc) is 2.71. The van der Waals surface area contributed by atoms with Crippen molar-refractivity contribution in [1.82, 2.24) is 0 Å². The second-order valence-electron chi connectivity index (χ2n) is 4.70. The molecule has 5 heteroatoms. The van der Waals surface area contributed by atoms with Crippen molar-refractivity contribution in [2.24, 2.45) is 5.92 Å². The molecule has 1 heterocycles. The van der Waals surface area contributed by atoms with Gasteiger partial charge in [0, 0.05) is 6.42 Å². The van der Waals surface area contributed by atoms with E-state index in [1.54, 1.807) is 6.92 Å². The molecule has 18 heavy (non-hydrogen) atoms. The summed E-state index contributed by atoms with van der Waals surface area (Å²) in [5, 5.41) is 0. The van der Waals surface area contributed by atoms with Crippen LogP contribution in [0.15, 0.2) is 12.2 Å². The van der Waals surface area contributed by atoms with Crippen LogP contribution in [0.1, 0.15) is 26.7 Å². The monoisotopic (exact) mass is 256 g/mol. The van der Waals surface area contributed by atoms with Crippen LogP contribution in [0, 0.1) is 5.92 Å². The maximum atomic E-state index is 11.3. The Kier molecular flexibility index (Phi) is 4.60. The Labute approximate surface area is 107 Å². The van der Waals surface area contributed by atoms with Gasteiger partial charge in [-0.3, -0.25) is 0 Å². The fourth-order valence-electron chi connectivity index (χ4n) is 2.30. The quantitative estimate of drug-likeness (QED) is 0.560. The van der Waals surface area contributed by atoms with Crippen molar-refractivity contribution in [2.75, 3.05) is 13.4 Å². The van der Waals surface area contributed by atoms with Gasteiger partial charge in [-0.1, -0.05) is 13.0 Å². The van der Waals surface area contributed by atoms with Crippen LogP contribution in [-0.2, 0) is 18.9 Å². The van der Waals surface area contributed by atoms with Crippen molar-refractivity contribution >= 4 is 6.16 Å². The van der Waals surface area contributed by atoms with Gasteiger partial charge >= 0.3 is 6.16 Å². The lowest BCUT2D eigenvalue weighted by atomic mass is 9.93. The number of fused-ring (bicyclic) bond motifs is 1. The molecule has 2 aliphatic rings. The number of allylic oxidation sites excluding steroid dienone is 1. The number of hydrogen-bond donors (Lipinski definition) is 0. The van der Waals surface area contributed by atoms with Crippen LogP contribution < -0.4 is 0 Å². The molecule has 0 saturated carbocycles. The Morgan fingerprint density at radius 2 is 2.00 bits per heavy atom. The lowest BCUT2D eigenvalue weighted by molar-refractivity contribution is 0.00972. The van der Waals surface area contributed by atoms with Crippen LogP contribution in [0.4, 0.5) is 4.79 Å². The topological polar surface area (TPSA) is 54.0 Å². The van der Waals surface area contributed by atoms with Gasteiger partial charge in [0.25, 0.3) is 0 Å². The van der Waals surface area contributed by atoms with Crippen LogP contribution in [0.25, 0.3) is 0 Å². The molecule has 0 aromatic carbocycles. The van der Waals surface area contributed by atoms with E-state index >= 15 is 0 Å². The van der Waals surface area contributed by atoms with E-state index in [9.17, 15) is 4.79 Å². The van der Waals surface area contributed by atoms with Crippen LogP contribution in [0.2, 0.25) is 0 Å². The molecule has 0 aromatic rings. The molecule has 1 aliphatic heterocycles. The van der Waals surface area contributed by atoms with E-state index in [4.69, 9.17) is 18.9 Å². The van der Waals surface area contributed by atoms with E-state index in [1.165, 1.54) is 0 Å². The minimum absolute atomic E-state index is 0.00294. The fourth-order valence-corrected chi connectivity index (χ4v) is 2.30. The molecule has 1 aliphatic carbocycles. The average molecular weight is 256 g/mol. The molecular formula is C13H20O5. The molecule has 0 amide bonds.